The highest BCUT2D eigenvalue weighted by molar-refractivity contribution is 7.94. The van der Waals surface area contributed by atoms with Crippen molar-refractivity contribution >= 4 is 21.7 Å². The van der Waals surface area contributed by atoms with Crippen LogP contribution in [0, 0.1) is 0 Å². The molecule has 0 saturated carbocycles. The Bertz CT molecular complexity index is 629. The van der Waals surface area contributed by atoms with Crippen molar-refractivity contribution < 1.29 is 18.3 Å². The molecule has 5 nitrogen and oxygen atoms in total. The molecular formula is C13H17NO4S. The summed E-state index contributed by atoms with van der Waals surface area (Å²) >= 11 is 0. The first-order chi connectivity index (χ1) is 8.64. The summed E-state index contributed by atoms with van der Waals surface area (Å²) in [6, 6.07) is 4.57. The zero-order valence-electron chi connectivity index (χ0n) is 11.2. The van der Waals surface area contributed by atoms with Crippen molar-refractivity contribution in [2.45, 2.75) is 31.9 Å². The number of hydrogen-bond donors (Lipinski definition) is 1. The quantitative estimate of drug-likeness (QED) is 0.899. The zero-order valence-corrected chi connectivity index (χ0v) is 12.0. The minimum atomic E-state index is -3.44. The van der Waals surface area contributed by atoms with Crippen LogP contribution >= 0.6 is 0 Å². The van der Waals surface area contributed by atoms with E-state index < -0.39 is 20.7 Å². The number of sulfonamides is 1. The molecule has 0 aromatic heterocycles. The van der Waals surface area contributed by atoms with Gasteiger partial charge in [-0.15, -0.1) is 0 Å². The van der Waals surface area contributed by atoms with Crippen molar-refractivity contribution in [1.82, 2.24) is 0 Å². The third-order valence-electron chi connectivity index (χ3n) is 3.24. The highest BCUT2D eigenvalue weighted by atomic mass is 32.2. The second kappa shape index (κ2) is 4.23. The van der Waals surface area contributed by atoms with Crippen LogP contribution in [0.5, 0.6) is 0 Å². The van der Waals surface area contributed by atoms with Crippen LogP contribution in [0.25, 0.3) is 0 Å². The van der Waals surface area contributed by atoms with E-state index >= 15 is 0 Å². The third-order valence-corrected chi connectivity index (χ3v) is 5.75. The number of fused-ring (bicyclic) bond motifs is 1. The van der Waals surface area contributed by atoms with Gasteiger partial charge in [-0.1, -0.05) is 0 Å². The van der Waals surface area contributed by atoms with Crippen LogP contribution in [0.15, 0.2) is 18.2 Å². The second-order valence-corrected chi connectivity index (χ2v) is 8.20. The Labute approximate surface area is 112 Å². The maximum atomic E-state index is 12.4. The van der Waals surface area contributed by atoms with Gasteiger partial charge in [-0.3, -0.25) is 4.31 Å². The Morgan fingerprint density at radius 3 is 2.47 bits per heavy atom. The number of anilines is 1. The average Bonchev–Trinajstić information content (AvgIpc) is 2.70. The van der Waals surface area contributed by atoms with Crippen LogP contribution in [0.4, 0.5) is 5.69 Å². The monoisotopic (exact) mass is 283 g/mol. The lowest BCUT2D eigenvalue weighted by atomic mass is 10.1. The topological polar surface area (TPSA) is 74.7 Å². The molecule has 0 radical (unpaired) electrons. The normalized spacial score (nSPS) is 15.4. The van der Waals surface area contributed by atoms with Gasteiger partial charge in [0.1, 0.15) is 0 Å². The summed E-state index contributed by atoms with van der Waals surface area (Å²) in [6.45, 7) is 5.35. The molecule has 0 saturated heterocycles. The Hall–Kier alpha value is -1.56. The standard InChI is InChI=1S/C13H17NO4S/c1-13(2,3)19(17,18)14-7-6-9-8-10(12(15)16)4-5-11(9)14/h4-5,8H,6-7H2,1-3H3,(H,15,16). The van der Waals surface area contributed by atoms with Gasteiger partial charge in [-0.05, 0) is 51.0 Å². The fourth-order valence-corrected chi connectivity index (χ4v) is 3.51. The molecule has 0 amide bonds. The molecule has 1 heterocycles. The van der Waals surface area contributed by atoms with Crippen LogP contribution in [0.2, 0.25) is 0 Å². The van der Waals surface area contributed by atoms with Crippen molar-refractivity contribution in [3.8, 4) is 0 Å². The number of benzene rings is 1. The van der Waals surface area contributed by atoms with Gasteiger partial charge in [0.2, 0.25) is 10.0 Å². The summed E-state index contributed by atoms with van der Waals surface area (Å²) in [5.41, 5.74) is 1.56. The summed E-state index contributed by atoms with van der Waals surface area (Å²) in [7, 11) is -3.44. The minimum Gasteiger partial charge on any atom is -0.478 e. The molecule has 6 heteroatoms. The van der Waals surface area contributed by atoms with Crippen LogP contribution in [-0.4, -0.2) is 30.8 Å². The fourth-order valence-electron chi connectivity index (χ4n) is 2.08. The average molecular weight is 283 g/mol. The number of carbonyl (C=O) groups is 1. The summed E-state index contributed by atoms with van der Waals surface area (Å²) in [5, 5.41) is 8.94. The molecule has 0 aliphatic carbocycles. The van der Waals surface area contributed by atoms with Crippen LogP contribution < -0.4 is 4.31 Å². The number of carboxylic acid groups (broad SMARTS) is 1. The van der Waals surface area contributed by atoms with E-state index in [2.05, 4.69) is 0 Å². The van der Waals surface area contributed by atoms with Gasteiger partial charge in [-0.2, -0.15) is 0 Å². The molecule has 0 atom stereocenters. The third kappa shape index (κ3) is 2.20. The molecule has 1 aromatic rings. The molecule has 0 fully saturated rings. The molecule has 104 valence electrons. The lowest BCUT2D eigenvalue weighted by Crippen LogP contribution is -2.42. The van der Waals surface area contributed by atoms with Crippen molar-refractivity contribution in [2.24, 2.45) is 0 Å². The van der Waals surface area contributed by atoms with E-state index in [9.17, 15) is 13.2 Å². The van der Waals surface area contributed by atoms with E-state index in [1.807, 2.05) is 0 Å². The molecule has 1 aliphatic heterocycles. The van der Waals surface area contributed by atoms with Gasteiger partial charge >= 0.3 is 5.97 Å². The second-order valence-electron chi connectivity index (χ2n) is 5.59. The summed E-state index contributed by atoms with van der Waals surface area (Å²) in [6.07, 6.45) is 0.547. The molecule has 2 rings (SSSR count). The molecule has 0 spiro atoms. The maximum absolute atomic E-state index is 12.4. The zero-order chi connectivity index (χ0) is 14.4. The van der Waals surface area contributed by atoms with Gasteiger partial charge in [0.25, 0.3) is 0 Å². The number of nitrogens with zero attached hydrogens (tertiary/aromatic N) is 1. The predicted molar refractivity (Wildman–Crippen MR) is 73.1 cm³/mol. The Balaban J connectivity index is 2.47. The molecule has 0 unspecified atom stereocenters. The van der Waals surface area contributed by atoms with Crippen LogP contribution in [0.3, 0.4) is 0 Å². The van der Waals surface area contributed by atoms with Crippen molar-refractivity contribution in [3.63, 3.8) is 0 Å². The minimum absolute atomic E-state index is 0.189. The lowest BCUT2D eigenvalue weighted by Gasteiger charge is -2.28. The maximum Gasteiger partial charge on any atom is 0.335 e. The Kier molecular flexibility index (Phi) is 3.09. The molecule has 0 bridgehead atoms. The van der Waals surface area contributed by atoms with Gasteiger partial charge in [0.15, 0.2) is 0 Å². The summed E-state index contributed by atoms with van der Waals surface area (Å²) in [4.78, 5) is 10.9. The Morgan fingerprint density at radius 2 is 1.95 bits per heavy atom. The van der Waals surface area contributed by atoms with Crippen molar-refractivity contribution in [1.29, 1.82) is 0 Å². The van der Waals surface area contributed by atoms with Gasteiger partial charge in [0.05, 0.1) is 16.0 Å². The predicted octanol–water partition coefficient (Wildman–Crippen LogP) is 1.88. The van der Waals surface area contributed by atoms with Gasteiger partial charge in [0, 0.05) is 6.54 Å². The van der Waals surface area contributed by atoms with Crippen LogP contribution in [-0.2, 0) is 16.4 Å². The van der Waals surface area contributed by atoms with E-state index in [1.165, 1.54) is 10.4 Å². The number of carboxylic acids is 1. The SMILES string of the molecule is CC(C)(C)S(=O)(=O)N1CCc2cc(C(=O)O)ccc21. The van der Waals surface area contributed by atoms with E-state index in [1.54, 1.807) is 32.9 Å². The van der Waals surface area contributed by atoms with E-state index in [4.69, 9.17) is 5.11 Å². The van der Waals surface area contributed by atoms with E-state index in [-0.39, 0.29) is 5.56 Å². The fraction of sp³-hybridized carbons (Fsp3) is 0.462. The molecule has 1 N–H and O–H groups in total. The highest BCUT2D eigenvalue weighted by Crippen LogP contribution is 2.34. The van der Waals surface area contributed by atoms with Crippen molar-refractivity contribution in [2.75, 3.05) is 10.8 Å². The first-order valence-corrected chi connectivity index (χ1v) is 7.47. The first kappa shape index (κ1) is 13.9. The number of hydrogen-bond acceptors (Lipinski definition) is 3. The van der Waals surface area contributed by atoms with Gasteiger partial charge in [-0.25, -0.2) is 13.2 Å². The number of rotatable bonds is 2. The van der Waals surface area contributed by atoms with E-state index in [0.717, 1.165) is 5.56 Å². The van der Waals surface area contributed by atoms with Gasteiger partial charge < -0.3 is 5.11 Å². The number of aromatic carboxylic acids is 1. The van der Waals surface area contributed by atoms with Crippen molar-refractivity contribution in [3.05, 3.63) is 29.3 Å². The molecule has 1 aliphatic rings. The Morgan fingerprint density at radius 1 is 1.32 bits per heavy atom. The molecule has 1 aromatic carbocycles. The summed E-state index contributed by atoms with van der Waals surface area (Å²) in [5.74, 6) is -1.00. The summed E-state index contributed by atoms with van der Waals surface area (Å²) < 4.78 is 25.4. The molecular weight excluding hydrogens is 266 g/mol. The lowest BCUT2D eigenvalue weighted by molar-refractivity contribution is 0.0697. The highest BCUT2D eigenvalue weighted by Gasteiger charge is 2.38. The van der Waals surface area contributed by atoms with E-state index in [0.29, 0.717) is 18.7 Å². The largest absolute Gasteiger partial charge is 0.478 e. The smallest absolute Gasteiger partial charge is 0.335 e. The first-order valence-electron chi connectivity index (χ1n) is 6.03. The van der Waals surface area contributed by atoms with Crippen LogP contribution in [0.1, 0.15) is 36.7 Å². The molecule has 19 heavy (non-hydrogen) atoms.